The van der Waals surface area contributed by atoms with Gasteiger partial charge in [-0.2, -0.15) is 0 Å². The minimum Gasteiger partial charge on any atom is -0.488 e. The Balaban J connectivity index is 1.82. The lowest BCUT2D eigenvalue weighted by atomic mass is 9.98. The quantitative estimate of drug-likeness (QED) is 0.899. The van der Waals surface area contributed by atoms with Crippen LogP contribution in [-0.4, -0.2) is 38.4 Å². The molecule has 1 heterocycles. The summed E-state index contributed by atoms with van der Waals surface area (Å²) in [6.45, 7) is 14.9. The second-order valence-corrected chi connectivity index (χ2v) is 6.69. The summed E-state index contributed by atoms with van der Waals surface area (Å²) in [7, 11) is 0. The lowest BCUT2D eigenvalue weighted by Crippen LogP contribution is -3.16. The van der Waals surface area contributed by atoms with Crippen LogP contribution in [0.25, 0.3) is 0 Å². The average Bonchev–Trinajstić information content (AvgIpc) is 2.37. The molecule has 1 aliphatic heterocycles. The van der Waals surface area contributed by atoms with Gasteiger partial charge in [0.2, 0.25) is 0 Å². The third-order valence-corrected chi connectivity index (χ3v) is 4.20. The van der Waals surface area contributed by atoms with Crippen molar-refractivity contribution < 1.29 is 14.4 Å². The molecule has 1 fully saturated rings. The van der Waals surface area contributed by atoms with Crippen LogP contribution in [0.3, 0.4) is 0 Å². The minimum absolute atomic E-state index is 0.358. The molecule has 3 heteroatoms. The zero-order valence-electron chi connectivity index (χ0n) is 14.1. The van der Waals surface area contributed by atoms with E-state index in [0.717, 1.165) is 32.0 Å². The van der Waals surface area contributed by atoms with E-state index in [9.17, 15) is 0 Å². The number of ether oxygens (including phenoxy) is 2. The number of aryl methyl sites for hydroxylation is 1. The van der Waals surface area contributed by atoms with Crippen molar-refractivity contribution in [2.24, 2.45) is 0 Å². The Bertz CT molecular complexity index is 449. The van der Waals surface area contributed by atoms with Crippen molar-refractivity contribution in [2.45, 2.75) is 52.7 Å². The van der Waals surface area contributed by atoms with Gasteiger partial charge in [-0.25, -0.2) is 0 Å². The standard InChI is InChI=1S/C18H29NO2/c1-13(2)18-7-6-17(10-14(18)3)20-9-8-19-11-15(4)21-16(5)12-19/h6-7,10,13,15-16H,8-9,11-12H2,1-5H3/p+1/t15-,16+. The molecule has 0 spiro atoms. The van der Waals surface area contributed by atoms with Gasteiger partial charge < -0.3 is 14.4 Å². The second kappa shape index (κ2) is 7.28. The van der Waals surface area contributed by atoms with Crippen LogP contribution in [0.5, 0.6) is 5.75 Å². The van der Waals surface area contributed by atoms with Crippen LogP contribution in [0.15, 0.2) is 18.2 Å². The zero-order chi connectivity index (χ0) is 15.4. The first-order valence-electron chi connectivity index (χ1n) is 8.18. The van der Waals surface area contributed by atoms with Crippen LogP contribution in [0.4, 0.5) is 0 Å². The van der Waals surface area contributed by atoms with Crippen LogP contribution in [0.2, 0.25) is 0 Å². The SMILES string of the molecule is Cc1cc(OCC[NH+]2C[C@@H](C)O[C@@H](C)C2)ccc1C(C)C. The van der Waals surface area contributed by atoms with Crippen LogP contribution in [-0.2, 0) is 4.74 Å². The highest BCUT2D eigenvalue weighted by Crippen LogP contribution is 2.23. The number of quaternary nitrogens is 1. The van der Waals surface area contributed by atoms with Crippen molar-refractivity contribution in [3.8, 4) is 5.75 Å². The van der Waals surface area contributed by atoms with Crippen molar-refractivity contribution in [1.82, 2.24) is 0 Å². The summed E-state index contributed by atoms with van der Waals surface area (Å²) in [6, 6.07) is 6.46. The van der Waals surface area contributed by atoms with Gasteiger partial charge >= 0.3 is 0 Å². The van der Waals surface area contributed by atoms with E-state index in [0.29, 0.717) is 18.1 Å². The zero-order valence-corrected chi connectivity index (χ0v) is 14.1. The Kier molecular flexibility index (Phi) is 5.65. The third-order valence-electron chi connectivity index (χ3n) is 4.20. The minimum atomic E-state index is 0.358. The fourth-order valence-corrected chi connectivity index (χ4v) is 3.29. The Morgan fingerprint density at radius 1 is 1.24 bits per heavy atom. The molecule has 3 nitrogen and oxygen atoms in total. The average molecular weight is 292 g/mol. The molecule has 0 aliphatic carbocycles. The number of nitrogens with one attached hydrogen (secondary N) is 1. The van der Waals surface area contributed by atoms with E-state index in [-0.39, 0.29) is 0 Å². The fraction of sp³-hybridized carbons (Fsp3) is 0.667. The summed E-state index contributed by atoms with van der Waals surface area (Å²) in [5, 5.41) is 0. The second-order valence-electron chi connectivity index (χ2n) is 6.69. The number of morpholine rings is 1. The van der Waals surface area contributed by atoms with Gasteiger partial charge in [-0.15, -0.1) is 0 Å². The molecule has 3 atom stereocenters. The van der Waals surface area contributed by atoms with Gasteiger partial charge in [-0.05, 0) is 49.9 Å². The summed E-state index contributed by atoms with van der Waals surface area (Å²) < 4.78 is 11.7. The summed E-state index contributed by atoms with van der Waals surface area (Å²) in [5.41, 5.74) is 2.73. The Labute approximate surface area is 129 Å². The Morgan fingerprint density at radius 2 is 1.90 bits per heavy atom. The smallest absolute Gasteiger partial charge is 0.137 e. The first-order valence-corrected chi connectivity index (χ1v) is 8.18. The van der Waals surface area contributed by atoms with Crippen molar-refractivity contribution >= 4 is 0 Å². The van der Waals surface area contributed by atoms with E-state index in [4.69, 9.17) is 9.47 Å². The number of hydrogen-bond acceptors (Lipinski definition) is 2. The Hall–Kier alpha value is -1.06. The number of hydrogen-bond donors (Lipinski definition) is 1. The lowest BCUT2D eigenvalue weighted by molar-refractivity contribution is -0.915. The maximum Gasteiger partial charge on any atom is 0.137 e. The van der Waals surface area contributed by atoms with E-state index in [2.05, 4.69) is 52.8 Å². The molecule has 0 aromatic heterocycles. The molecule has 2 rings (SSSR count). The first-order chi connectivity index (χ1) is 9.95. The molecular formula is C18H30NO2+. The highest BCUT2D eigenvalue weighted by atomic mass is 16.5. The molecule has 118 valence electrons. The largest absolute Gasteiger partial charge is 0.488 e. The van der Waals surface area contributed by atoms with E-state index in [1.807, 2.05) is 0 Å². The maximum atomic E-state index is 5.93. The van der Waals surface area contributed by atoms with Crippen molar-refractivity contribution in [2.75, 3.05) is 26.2 Å². The number of benzene rings is 1. The summed E-state index contributed by atoms with van der Waals surface area (Å²) in [4.78, 5) is 1.58. The molecular weight excluding hydrogens is 262 g/mol. The monoisotopic (exact) mass is 292 g/mol. The van der Waals surface area contributed by atoms with E-state index >= 15 is 0 Å². The first kappa shape index (κ1) is 16.3. The predicted molar refractivity (Wildman–Crippen MR) is 86.3 cm³/mol. The van der Waals surface area contributed by atoms with Gasteiger partial charge in [0.1, 0.15) is 44.2 Å². The lowest BCUT2D eigenvalue weighted by Gasteiger charge is -2.32. The van der Waals surface area contributed by atoms with Crippen LogP contribution >= 0.6 is 0 Å². The highest BCUT2D eigenvalue weighted by Gasteiger charge is 2.25. The van der Waals surface area contributed by atoms with Crippen molar-refractivity contribution in [3.63, 3.8) is 0 Å². The normalized spacial score (nSPS) is 26.1. The van der Waals surface area contributed by atoms with Crippen molar-refractivity contribution in [3.05, 3.63) is 29.3 Å². The summed E-state index contributed by atoms with van der Waals surface area (Å²) >= 11 is 0. The fourth-order valence-electron chi connectivity index (χ4n) is 3.29. The van der Waals surface area contributed by atoms with Gasteiger partial charge in [0.05, 0.1) is 0 Å². The molecule has 1 aromatic carbocycles. The third kappa shape index (κ3) is 4.72. The van der Waals surface area contributed by atoms with Crippen LogP contribution < -0.4 is 9.64 Å². The molecule has 21 heavy (non-hydrogen) atoms. The van der Waals surface area contributed by atoms with Gasteiger partial charge in [0.15, 0.2) is 0 Å². The molecule has 0 bridgehead atoms. The Morgan fingerprint density at radius 3 is 2.48 bits per heavy atom. The van der Waals surface area contributed by atoms with Gasteiger partial charge in [-0.3, -0.25) is 0 Å². The molecule has 0 amide bonds. The van der Waals surface area contributed by atoms with Crippen molar-refractivity contribution in [1.29, 1.82) is 0 Å². The molecule has 1 saturated heterocycles. The molecule has 1 aromatic rings. The highest BCUT2D eigenvalue weighted by molar-refractivity contribution is 5.36. The topological polar surface area (TPSA) is 22.9 Å². The summed E-state index contributed by atoms with van der Waals surface area (Å²) in [6.07, 6.45) is 0.715. The molecule has 1 aliphatic rings. The molecule has 0 radical (unpaired) electrons. The van der Waals surface area contributed by atoms with Gasteiger partial charge in [0.25, 0.3) is 0 Å². The van der Waals surface area contributed by atoms with E-state index < -0.39 is 0 Å². The molecule has 1 unspecified atom stereocenters. The predicted octanol–water partition coefficient (Wildman–Crippen LogP) is 2.19. The van der Waals surface area contributed by atoms with Gasteiger partial charge in [-0.1, -0.05) is 19.9 Å². The number of rotatable bonds is 5. The van der Waals surface area contributed by atoms with E-state index in [1.165, 1.54) is 11.1 Å². The maximum absolute atomic E-state index is 5.93. The van der Waals surface area contributed by atoms with Crippen LogP contribution in [0, 0.1) is 6.92 Å². The van der Waals surface area contributed by atoms with E-state index in [1.54, 1.807) is 4.90 Å². The summed E-state index contributed by atoms with van der Waals surface area (Å²) in [5.74, 6) is 1.56. The molecule has 1 N–H and O–H groups in total. The molecule has 0 saturated carbocycles. The van der Waals surface area contributed by atoms with Crippen LogP contribution in [0.1, 0.15) is 44.7 Å². The van der Waals surface area contributed by atoms with Gasteiger partial charge in [0, 0.05) is 0 Å².